The number of aromatic amines is 1. The van der Waals surface area contributed by atoms with Crippen LogP contribution in [-0.2, 0) is 0 Å². The van der Waals surface area contributed by atoms with E-state index in [-0.39, 0.29) is 5.78 Å². The van der Waals surface area contributed by atoms with Crippen LogP contribution in [0.1, 0.15) is 27.0 Å². The molecule has 1 N–H and O–H groups in total. The summed E-state index contributed by atoms with van der Waals surface area (Å²) in [6, 6.07) is 4.08. The van der Waals surface area contributed by atoms with E-state index < -0.39 is 0 Å². The summed E-state index contributed by atoms with van der Waals surface area (Å²) < 4.78 is 0. The summed E-state index contributed by atoms with van der Waals surface area (Å²) >= 11 is 1.35. The van der Waals surface area contributed by atoms with Gasteiger partial charge in [0.25, 0.3) is 0 Å². The van der Waals surface area contributed by atoms with Gasteiger partial charge in [-0.1, -0.05) is 29.5 Å². The Morgan fingerprint density at radius 1 is 1.28 bits per heavy atom. The Kier molecular flexibility index (Phi) is 3.81. The van der Waals surface area contributed by atoms with Gasteiger partial charge in [0.2, 0.25) is 5.16 Å². The fourth-order valence-electron chi connectivity index (χ4n) is 2.09. The van der Waals surface area contributed by atoms with Crippen LogP contribution in [0.2, 0.25) is 0 Å². The zero-order valence-corrected chi connectivity index (χ0v) is 11.5. The first-order valence-corrected chi connectivity index (χ1v) is 6.66. The minimum absolute atomic E-state index is 0.125. The number of carbonyl (C=O) groups is 1. The molecule has 5 heteroatoms. The minimum Gasteiger partial charge on any atom is -0.293 e. The molecule has 0 bridgehead atoms. The van der Waals surface area contributed by atoms with Crippen molar-refractivity contribution in [3.63, 3.8) is 0 Å². The normalized spacial score (nSPS) is 10.6. The van der Waals surface area contributed by atoms with E-state index in [1.54, 1.807) is 0 Å². The predicted molar refractivity (Wildman–Crippen MR) is 72.1 cm³/mol. The van der Waals surface area contributed by atoms with Crippen LogP contribution < -0.4 is 0 Å². The van der Waals surface area contributed by atoms with E-state index in [2.05, 4.69) is 15.2 Å². The van der Waals surface area contributed by atoms with Gasteiger partial charge < -0.3 is 0 Å². The van der Waals surface area contributed by atoms with Crippen LogP contribution in [0.5, 0.6) is 0 Å². The van der Waals surface area contributed by atoms with E-state index in [0.29, 0.717) is 10.9 Å². The summed E-state index contributed by atoms with van der Waals surface area (Å²) in [5.41, 5.74) is 4.08. The number of nitrogens with zero attached hydrogens (tertiary/aromatic N) is 2. The Morgan fingerprint density at radius 3 is 2.50 bits per heavy atom. The average molecular weight is 261 g/mol. The zero-order chi connectivity index (χ0) is 13.1. The Balaban J connectivity index is 2.14. The molecule has 4 nitrogen and oxygen atoms in total. The summed E-state index contributed by atoms with van der Waals surface area (Å²) in [7, 11) is 0. The summed E-state index contributed by atoms with van der Waals surface area (Å²) in [4.78, 5) is 16.2. The molecule has 2 aromatic rings. The SMILES string of the molecule is Cc1cc(C)c(C(=O)CSc2nc[nH]n2)c(C)c1. The fourth-order valence-corrected chi connectivity index (χ4v) is 2.74. The Morgan fingerprint density at radius 2 is 1.94 bits per heavy atom. The number of H-pyrrole nitrogens is 1. The van der Waals surface area contributed by atoms with Crippen LogP contribution in [0.4, 0.5) is 0 Å². The molecule has 0 aliphatic carbocycles. The number of aromatic nitrogens is 3. The molecular weight excluding hydrogens is 246 g/mol. The van der Waals surface area contributed by atoms with Crippen molar-refractivity contribution in [2.45, 2.75) is 25.9 Å². The lowest BCUT2D eigenvalue weighted by Gasteiger charge is -2.09. The van der Waals surface area contributed by atoms with Crippen LogP contribution in [0, 0.1) is 20.8 Å². The molecule has 1 heterocycles. The first kappa shape index (κ1) is 12.8. The second-order valence-electron chi connectivity index (χ2n) is 4.27. The first-order valence-electron chi connectivity index (χ1n) is 5.67. The van der Waals surface area contributed by atoms with E-state index in [0.717, 1.165) is 16.7 Å². The highest BCUT2D eigenvalue weighted by Gasteiger charge is 2.13. The van der Waals surface area contributed by atoms with Crippen molar-refractivity contribution in [1.82, 2.24) is 15.2 Å². The van der Waals surface area contributed by atoms with Gasteiger partial charge in [-0.05, 0) is 31.9 Å². The highest BCUT2D eigenvalue weighted by Crippen LogP contribution is 2.20. The number of Topliss-reactive ketones (excluding diaryl/α,β-unsaturated/α-hetero) is 1. The lowest BCUT2D eigenvalue weighted by molar-refractivity contribution is 0.102. The Hall–Kier alpha value is -1.62. The van der Waals surface area contributed by atoms with Crippen LogP contribution in [-0.4, -0.2) is 26.7 Å². The van der Waals surface area contributed by atoms with Gasteiger partial charge in [-0.15, -0.1) is 5.10 Å². The molecule has 0 atom stereocenters. The molecule has 94 valence electrons. The quantitative estimate of drug-likeness (QED) is 0.679. The molecule has 0 fully saturated rings. The highest BCUT2D eigenvalue weighted by molar-refractivity contribution is 7.99. The molecule has 0 saturated heterocycles. The van der Waals surface area contributed by atoms with E-state index in [4.69, 9.17) is 0 Å². The summed E-state index contributed by atoms with van der Waals surface area (Å²) in [5.74, 6) is 0.488. The number of carbonyl (C=O) groups excluding carboxylic acids is 1. The molecule has 0 aliphatic heterocycles. The number of thioether (sulfide) groups is 1. The molecule has 0 saturated carbocycles. The summed E-state index contributed by atoms with van der Waals surface area (Å²) in [6.45, 7) is 5.99. The second kappa shape index (κ2) is 5.35. The smallest absolute Gasteiger partial charge is 0.208 e. The van der Waals surface area contributed by atoms with Gasteiger partial charge in [-0.2, -0.15) is 0 Å². The molecule has 0 amide bonds. The number of hydrogen-bond donors (Lipinski definition) is 1. The topological polar surface area (TPSA) is 58.6 Å². The minimum atomic E-state index is 0.125. The number of nitrogens with one attached hydrogen (secondary N) is 1. The maximum Gasteiger partial charge on any atom is 0.208 e. The first-order chi connectivity index (χ1) is 8.58. The molecule has 18 heavy (non-hydrogen) atoms. The van der Waals surface area contributed by atoms with Crippen molar-refractivity contribution in [3.05, 3.63) is 40.7 Å². The van der Waals surface area contributed by atoms with Crippen molar-refractivity contribution in [1.29, 1.82) is 0 Å². The van der Waals surface area contributed by atoms with E-state index >= 15 is 0 Å². The van der Waals surface area contributed by atoms with Crippen molar-refractivity contribution in [3.8, 4) is 0 Å². The van der Waals surface area contributed by atoms with Gasteiger partial charge in [-0.25, -0.2) is 4.98 Å². The van der Waals surface area contributed by atoms with E-state index in [1.807, 2.05) is 32.9 Å². The monoisotopic (exact) mass is 261 g/mol. The number of rotatable bonds is 4. The number of benzene rings is 1. The third kappa shape index (κ3) is 2.79. The van der Waals surface area contributed by atoms with E-state index in [1.165, 1.54) is 23.7 Å². The second-order valence-corrected chi connectivity index (χ2v) is 5.21. The van der Waals surface area contributed by atoms with Crippen LogP contribution in [0.15, 0.2) is 23.6 Å². The standard InChI is InChI=1S/C13H15N3OS/c1-8-4-9(2)12(10(3)5-8)11(17)6-18-13-14-7-15-16-13/h4-5,7H,6H2,1-3H3,(H,14,15,16). The van der Waals surface area contributed by atoms with Crippen LogP contribution >= 0.6 is 11.8 Å². The van der Waals surface area contributed by atoms with Crippen molar-refractivity contribution in [2.24, 2.45) is 0 Å². The van der Waals surface area contributed by atoms with Crippen LogP contribution in [0.3, 0.4) is 0 Å². The third-order valence-electron chi connectivity index (χ3n) is 2.68. The molecule has 1 aromatic heterocycles. The number of ketones is 1. The molecular formula is C13H15N3OS. The Labute approximate surface area is 110 Å². The lowest BCUT2D eigenvalue weighted by Crippen LogP contribution is -2.08. The predicted octanol–water partition coefficient (Wildman–Crippen LogP) is 2.70. The van der Waals surface area contributed by atoms with Gasteiger partial charge >= 0.3 is 0 Å². The van der Waals surface area contributed by atoms with Gasteiger partial charge in [0.1, 0.15) is 6.33 Å². The maximum absolute atomic E-state index is 12.2. The maximum atomic E-state index is 12.2. The van der Waals surface area contributed by atoms with Gasteiger partial charge in [0.05, 0.1) is 5.75 Å². The largest absolute Gasteiger partial charge is 0.293 e. The van der Waals surface area contributed by atoms with Crippen LogP contribution in [0.25, 0.3) is 0 Å². The average Bonchev–Trinajstić information content (AvgIpc) is 2.77. The van der Waals surface area contributed by atoms with Gasteiger partial charge in [0.15, 0.2) is 5.78 Å². The van der Waals surface area contributed by atoms with Crippen molar-refractivity contribution >= 4 is 17.5 Å². The molecule has 0 aliphatic rings. The molecule has 0 unspecified atom stereocenters. The summed E-state index contributed by atoms with van der Waals surface area (Å²) in [6.07, 6.45) is 1.51. The van der Waals surface area contributed by atoms with Gasteiger partial charge in [0, 0.05) is 5.56 Å². The molecule has 2 rings (SSSR count). The van der Waals surface area contributed by atoms with Crippen molar-refractivity contribution in [2.75, 3.05) is 5.75 Å². The third-order valence-corrected chi connectivity index (χ3v) is 3.54. The number of hydrogen-bond acceptors (Lipinski definition) is 4. The fraction of sp³-hybridized carbons (Fsp3) is 0.308. The molecule has 0 radical (unpaired) electrons. The lowest BCUT2D eigenvalue weighted by atomic mass is 9.97. The van der Waals surface area contributed by atoms with Crippen molar-refractivity contribution < 1.29 is 4.79 Å². The van der Waals surface area contributed by atoms with Gasteiger partial charge in [-0.3, -0.25) is 9.89 Å². The number of aryl methyl sites for hydroxylation is 3. The van der Waals surface area contributed by atoms with E-state index in [9.17, 15) is 4.79 Å². The summed E-state index contributed by atoms with van der Waals surface area (Å²) in [5, 5.41) is 7.15. The molecule has 0 spiro atoms. The zero-order valence-electron chi connectivity index (χ0n) is 10.7. The highest BCUT2D eigenvalue weighted by atomic mass is 32.2. The Bertz CT molecular complexity index is 541. The molecule has 1 aromatic carbocycles.